The Morgan fingerprint density at radius 1 is 0.958 bits per heavy atom. The number of nitrogens with zero attached hydrogens (tertiary/aromatic N) is 3. The Labute approximate surface area is 139 Å². The highest BCUT2D eigenvalue weighted by Gasteiger charge is 2.26. The lowest BCUT2D eigenvalue weighted by molar-refractivity contribution is 0.480. The minimum absolute atomic E-state index is 0.0928. The Bertz CT molecular complexity index is 958. The second kappa shape index (κ2) is 6.25. The number of aromatic nitrogens is 3. The van der Waals surface area contributed by atoms with Gasteiger partial charge >= 0.3 is 10.1 Å². The first-order valence-corrected chi connectivity index (χ1v) is 8.43. The van der Waals surface area contributed by atoms with Crippen LogP contribution in [0.3, 0.4) is 0 Å². The Balaban J connectivity index is 2.06. The third-order valence-corrected chi connectivity index (χ3v) is 4.34. The quantitative estimate of drug-likeness (QED) is 0.724. The molecule has 8 heteroatoms. The molecule has 0 saturated heterocycles. The van der Waals surface area contributed by atoms with Gasteiger partial charge in [0.25, 0.3) is 0 Å². The van der Waals surface area contributed by atoms with E-state index in [1.165, 1.54) is 0 Å². The Hall–Kier alpha value is -3.00. The highest BCUT2D eigenvalue weighted by Crippen LogP contribution is 2.26. The molecule has 24 heavy (non-hydrogen) atoms. The molecule has 0 radical (unpaired) electrons. The monoisotopic (exact) mass is 342 g/mol. The summed E-state index contributed by atoms with van der Waals surface area (Å²) in [4.78, 5) is 4.01. The average molecular weight is 342 g/mol. The van der Waals surface area contributed by atoms with Crippen LogP contribution in [0.15, 0.2) is 59.6 Å². The maximum Gasteiger partial charge on any atom is 0.361 e. The van der Waals surface area contributed by atoms with Gasteiger partial charge in [-0.1, -0.05) is 48.0 Å². The standard InChI is InChI=1S/C16H14N4O3S/c1-11-7-9-13(10-8-11)23-24(21,22)15-14(18-16(17)20-19-15)12-5-3-2-4-6-12/h2-10H,1H3,(H2,17,18,20). The van der Waals surface area contributed by atoms with Gasteiger partial charge in [0, 0.05) is 5.56 Å². The second-order valence-electron chi connectivity index (χ2n) is 5.04. The van der Waals surface area contributed by atoms with Crippen molar-refractivity contribution in [3.05, 3.63) is 60.2 Å². The zero-order chi connectivity index (χ0) is 17.2. The summed E-state index contributed by atoms with van der Waals surface area (Å²) in [6, 6.07) is 15.3. The molecule has 0 saturated carbocycles. The molecule has 1 heterocycles. The normalized spacial score (nSPS) is 11.2. The lowest BCUT2D eigenvalue weighted by Crippen LogP contribution is -2.16. The van der Waals surface area contributed by atoms with Crippen molar-refractivity contribution in [3.63, 3.8) is 0 Å². The summed E-state index contributed by atoms with van der Waals surface area (Å²) in [6.45, 7) is 1.89. The van der Waals surface area contributed by atoms with Crippen molar-refractivity contribution in [3.8, 4) is 17.0 Å². The van der Waals surface area contributed by atoms with Gasteiger partial charge in [0.15, 0.2) is 0 Å². The molecule has 2 aromatic carbocycles. The molecule has 0 spiro atoms. The summed E-state index contributed by atoms with van der Waals surface area (Å²) in [6.07, 6.45) is 0. The summed E-state index contributed by atoms with van der Waals surface area (Å²) in [5, 5.41) is 6.85. The van der Waals surface area contributed by atoms with Gasteiger partial charge < -0.3 is 9.92 Å². The maximum atomic E-state index is 12.6. The van der Waals surface area contributed by atoms with E-state index in [1.54, 1.807) is 54.6 Å². The van der Waals surface area contributed by atoms with Crippen LogP contribution in [-0.2, 0) is 10.1 Å². The van der Waals surface area contributed by atoms with Crippen LogP contribution in [0, 0.1) is 6.92 Å². The fourth-order valence-corrected chi connectivity index (χ4v) is 3.03. The zero-order valence-corrected chi connectivity index (χ0v) is 13.6. The average Bonchev–Trinajstić information content (AvgIpc) is 2.57. The Morgan fingerprint density at radius 3 is 2.29 bits per heavy atom. The van der Waals surface area contributed by atoms with E-state index in [4.69, 9.17) is 9.92 Å². The Kier molecular flexibility index (Phi) is 4.13. The van der Waals surface area contributed by atoms with Crippen molar-refractivity contribution in [2.75, 3.05) is 5.73 Å². The number of hydrogen-bond donors (Lipinski definition) is 1. The van der Waals surface area contributed by atoms with E-state index < -0.39 is 10.1 Å². The first-order valence-electron chi connectivity index (χ1n) is 7.02. The number of nitrogen functional groups attached to an aromatic ring is 1. The van der Waals surface area contributed by atoms with E-state index in [2.05, 4.69) is 15.2 Å². The molecule has 0 fully saturated rings. The molecule has 122 valence electrons. The second-order valence-corrected chi connectivity index (χ2v) is 6.50. The molecule has 0 unspecified atom stereocenters. The smallest absolute Gasteiger partial charge is 0.361 e. The van der Waals surface area contributed by atoms with Gasteiger partial charge in [-0.2, -0.15) is 8.42 Å². The van der Waals surface area contributed by atoms with Crippen molar-refractivity contribution in [2.24, 2.45) is 0 Å². The lowest BCUT2D eigenvalue weighted by Gasteiger charge is -2.10. The summed E-state index contributed by atoms with van der Waals surface area (Å²) in [7, 11) is -4.21. The first-order chi connectivity index (χ1) is 11.5. The predicted molar refractivity (Wildman–Crippen MR) is 88.7 cm³/mol. The molecule has 0 aliphatic carbocycles. The fourth-order valence-electron chi connectivity index (χ4n) is 2.04. The minimum Gasteiger partial charge on any atom is -0.378 e. The molecule has 0 atom stereocenters. The molecule has 0 aliphatic heterocycles. The summed E-state index contributed by atoms with van der Waals surface area (Å²) >= 11 is 0. The highest BCUT2D eigenvalue weighted by molar-refractivity contribution is 7.87. The number of aryl methyl sites for hydroxylation is 1. The van der Waals surface area contributed by atoms with Crippen molar-refractivity contribution in [1.82, 2.24) is 15.2 Å². The van der Waals surface area contributed by atoms with Gasteiger partial charge in [-0.3, -0.25) is 0 Å². The molecule has 0 bridgehead atoms. The summed E-state index contributed by atoms with van der Waals surface area (Å²) in [5.41, 5.74) is 7.18. The Morgan fingerprint density at radius 2 is 1.62 bits per heavy atom. The summed E-state index contributed by atoms with van der Waals surface area (Å²) in [5.74, 6) is 0.0568. The van der Waals surface area contributed by atoms with Crippen molar-refractivity contribution in [2.45, 2.75) is 11.9 Å². The molecule has 0 aliphatic rings. The van der Waals surface area contributed by atoms with E-state index in [9.17, 15) is 8.42 Å². The number of anilines is 1. The fraction of sp³-hybridized carbons (Fsp3) is 0.0625. The maximum absolute atomic E-state index is 12.6. The van der Waals surface area contributed by atoms with Crippen LogP contribution in [0.1, 0.15) is 5.56 Å². The number of benzene rings is 2. The zero-order valence-electron chi connectivity index (χ0n) is 12.7. The molecular formula is C16H14N4O3S. The predicted octanol–water partition coefficient (Wildman–Crippen LogP) is 2.20. The lowest BCUT2D eigenvalue weighted by atomic mass is 10.2. The van der Waals surface area contributed by atoms with E-state index in [-0.39, 0.29) is 22.4 Å². The van der Waals surface area contributed by atoms with Crippen LogP contribution < -0.4 is 9.92 Å². The van der Waals surface area contributed by atoms with Gasteiger partial charge in [0.05, 0.1) is 0 Å². The van der Waals surface area contributed by atoms with E-state index in [0.717, 1.165) is 5.56 Å². The highest BCUT2D eigenvalue weighted by atomic mass is 32.2. The van der Waals surface area contributed by atoms with Crippen molar-refractivity contribution >= 4 is 16.1 Å². The molecule has 7 nitrogen and oxygen atoms in total. The van der Waals surface area contributed by atoms with E-state index >= 15 is 0 Å². The van der Waals surface area contributed by atoms with E-state index in [1.807, 2.05) is 6.92 Å². The first kappa shape index (κ1) is 15.9. The largest absolute Gasteiger partial charge is 0.378 e. The van der Waals surface area contributed by atoms with Gasteiger partial charge in [-0.25, -0.2) is 4.98 Å². The number of hydrogen-bond acceptors (Lipinski definition) is 7. The van der Waals surface area contributed by atoms with Crippen molar-refractivity contribution < 1.29 is 12.6 Å². The molecule has 3 rings (SSSR count). The number of nitrogens with two attached hydrogens (primary N) is 1. The van der Waals surface area contributed by atoms with Crippen LogP contribution >= 0.6 is 0 Å². The van der Waals surface area contributed by atoms with Crippen LogP contribution in [0.5, 0.6) is 5.75 Å². The molecular weight excluding hydrogens is 328 g/mol. The molecule has 0 amide bonds. The van der Waals surface area contributed by atoms with Gasteiger partial charge in [-0.15, -0.1) is 10.2 Å². The van der Waals surface area contributed by atoms with Crippen LogP contribution in [-0.4, -0.2) is 23.6 Å². The third kappa shape index (κ3) is 3.33. The van der Waals surface area contributed by atoms with Gasteiger partial charge in [0.1, 0.15) is 11.4 Å². The van der Waals surface area contributed by atoms with E-state index in [0.29, 0.717) is 5.56 Å². The number of rotatable bonds is 4. The molecule has 3 aromatic rings. The summed E-state index contributed by atoms with van der Waals surface area (Å²) < 4.78 is 30.3. The minimum atomic E-state index is -4.21. The topological polar surface area (TPSA) is 108 Å². The van der Waals surface area contributed by atoms with Gasteiger partial charge in [-0.05, 0) is 19.1 Å². The van der Waals surface area contributed by atoms with Crippen LogP contribution in [0.4, 0.5) is 5.95 Å². The van der Waals surface area contributed by atoms with Crippen LogP contribution in [0.25, 0.3) is 11.3 Å². The van der Waals surface area contributed by atoms with Gasteiger partial charge in [0.2, 0.25) is 11.0 Å². The van der Waals surface area contributed by atoms with Crippen molar-refractivity contribution in [1.29, 1.82) is 0 Å². The van der Waals surface area contributed by atoms with Crippen LogP contribution in [0.2, 0.25) is 0 Å². The molecule has 2 N–H and O–H groups in total. The SMILES string of the molecule is Cc1ccc(OS(=O)(=O)c2nnc(N)nc2-c2ccccc2)cc1. The molecule has 1 aromatic heterocycles. The third-order valence-electron chi connectivity index (χ3n) is 3.18.